The molecule has 0 aromatic heterocycles. The van der Waals surface area contributed by atoms with E-state index in [2.05, 4.69) is 46.4 Å². The first-order chi connectivity index (χ1) is 15.6. The number of hydrogen-bond donors (Lipinski definition) is 0. The molecular formula is C32H47NO2. The predicted molar refractivity (Wildman–Crippen MR) is 142 cm³/mol. The topological polar surface area (TPSA) is 38.5 Å². The van der Waals surface area contributed by atoms with Crippen LogP contribution < -0.4 is 0 Å². The van der Waals surface area contributed by atoms with Gasteiger partial charge in [0.05, 0.1) is 6.57 Å². The van der Waals surface area contributed by atoms with Crippen LogP contribution in [0, 0.1) is 56.8 Å². The molecule has 35 heavy (non-hydrogen) atoms. The van der Waals surface area contributed by atoms with E-state index in [4.69, 9.17) is 6.57 Å². The van der Waals surface area contributed by atoms with E-state index in [1.165, 1.54) is 24.8 Å². The third-order valence-electron chi connectivity index (χ3n) is 12.3. The van der Waals surface area contributed by atoms with E-state index in [1.807, 2.05) is 26.0 Å². The summed E-state index contributed by atoms with van der Waals surface area (Å²) in [5, 5.41) is 0. The van der Waals surface area contributed by atoms with Gasteiger partial charge in [-0.1, -0.05) is 74.5 Å². The zero-order valence-electron chi connectivity index (χ0n) is 22.6. The van der Waals surface area contributed by atoms with Gasteiger partial charge in [-0.2, -0.15) is 0 Å². The molecule has 0 bridgehead atoms. The van der Waals surface area contributed by atoms with Crippen molar-refractivity contribution in [3.05, 3.63) is 34.8 Å². The fourth-order valence-corrected chi connectivity index (χ4v) is 9.86. The highest BCUT2D eigenvalue weighted by Crippen LogP contribution is 2.74. The molecule has 0 spiro atoms. The molecule has 3 nitrogen and oxygen atoms in total. The van der Waals surface area contributed by atoms with Crippen molar-refractivity contribution in [2.24, 2.45) is 50.2 Å². The Balaban J connectivity index is 0.00000289. The van der Waals surface area contributed by atoms with Crippen LogP contribution in [0.3, 0.4) is 0 Å². The first-order valence-corrected chi connectivity index (χ1v) is 13.5. The molecule has 7 atom stereocenters. The first kappa shape index (κ1) is 26.4. The maximum Gasteiger partial charge on any atom is 0.226 e. The van der Waals surface area contributed by atoms with Crippen molar-refractivity contribution in [1.29, 1.82) is 0 Å². The second kappa shape index (κ2) is 7.43. The number of carbonyl (C=O) groups is 2. The van der Waals surface area contributed by atoms with Crippen LogP contribution in [0.5, 0.6) is 0 Å². The van der Waals surface area contributed by atoms with Crippen molar-refractivity contribution in [1.82, 2.24) is 0 Å². The third-order valence-corrected chi connectivity index (χ3v) is 12.3. The zero-order chi connectivity index (χ0) is 25.1. The zero-order valence-corrected chi connectivity index (χ0v) is 22.6. The van der Waals surface area contributed by atoms with Crippen molar-refractivity contribution in [3.63, 3.8) is 0 Å². The molecule has 0 N–H and O–H groups in total. The molecule has 3 heteroatoms. The van der Waals surface area contributed by atoms with Gasteiger partial charge in [0.15, 0.2) is 11.6 Å². The van der Waals surface area contributed by atoms with Crippen molar-refractivity contribution in [3.8, 4) is 0 Å². The highest BCUT2D eigenvalue weighted by Gasteiger charge is 2.69. The van der Waals surface area contributed by atoms with Crippen LogP contribution in [-0.4, -0.2) is 11.6 Å². The summed E-state index contributed by atoms with van der Waals surface area (Å²) in [4.78, 5) is 31.0. The Morgan fingerprint density at radius 1 is 0.914 bits per heavy atom. The first-order valence-electron chi connectivity index (χ1n) is 13.5. The fourth-order valence-electron chi connectivity index (χ4n) is 9.86. The lowest BCUT2D eigenvalue weighted by Gasteiger charge is -2.69. The molecule has 5 aliphatic rings. The molecule has 0 radical (unpaired) electrons. The van der Waals surface area contributed by atoms with Crippen LogP contribution in [0.25, 0.3) is 4.85 Å². The average Bonchev–Trinajstić information content (AvgIpc) is 2.74. The van der Waals surface area contributed by atoms with Gasteiger partial charge in [-0.05, 0) is 84.5 Å². The average molecular weight is 478 g/mol. The molecule has 192 valence electrons. The largest absolute Gasteiger partial charge is 0.307 e. The second-order valence-corrected chi connectivity index (χ2v) is 14.9. The van der Waals surface area contributed by atoms with Gasteiger partial charge in [0.1, 0.15) is 0 Å². The monoisotopic (exact) mass is 477 g/mol. The Morgan fingerprint density at radius 2 is 1.54 bits per heavy atom. The number of hydrogen-bond acceptors (Lipinski definition) is 2. The molecule has 3 saturated carbocycles. The van der Waals surface area contributed by atoms with Gasteiger partial charge in [-0.15, -0.1) is 0 Å². The minimum atomic E-state index is -0.592. The Kier molecular flexibility index (Phi) is 5.60. The van der Waals surface area contributed by atoms with Gasteiger partial charge in [0, 0.05) is 16.7 Å². The summed E-state index contributed by atoms with van der Waals surface area (Å²) < 4.78 is 0. The molecule has 0 amide bonds. The molecule has 5 aliphatic carbocycles. The summed E-state index contributed by atoms with van der Waals surface area (Å²) in [6, 6.07) is 0. The van der Waals surface area contributed by atoms with Crippen molar-refractivity contribution < 1.29 is 9.59 Å². The van der Waals surface area contributed by atoms with Crippen molar-refractivity contribution in [2.75, 3.05) is 0 Å². The lowest BCUT2D eigenvalue weighted by Crippen LogP contribution is -2.64. The number of Topliss-reactive ketones (excluding diaryl/α,β-unsaturated/α-hetero) is 1. The Bertz CT molecular complexity index is 1090. The summed E-state index contributed by atoms with van der Waals surface area (Å²) >= 11 is 0. The number of nitrogens with zero attached hydrogens (tertiary/aromatic N) is 1. The standard InChI is InChI=1S/C31H43NO2.CH4/c1-26(2)12-13-28(5)14-15-31(8)24(19(28)17-26)21(33)16-23-29(6)18-20(32-9)25(34)27(3,4)22(29)10-11-30(23,31)7;/h16,18-19,22,24H,10-15,17H2,1-8H3;1H4/t19?,22-,24?,28+,29-,30+,31+;/m0./s1. The van der Waals surface area contributed by atoms with Crippen LogP contribution in [0.4, 0.5) is 0 Å². The minimum absolute atomic E-state index is 0. The fraction of sp³-hybridized carbons (Fsp3) is 0.781. The van der Waals surface area contributed by atoms with Crippen molar-refractivity contribution >= 4 is 11.6 Å². The number of carbonyl (C=O) groups excluding carboxylic acids is 2. The van der Waals surface area contributed by atoms with E-state index >= 15 is 0 Å². The summed E-state index contributed by atoms with van der Waals surface area (Å²) in [6.07, 6.45) is 11.9. The Morgan fingerprint density at radius 3 is 2.17 bits per heavy atom. The van der Waals surface area contributed by atoms with E-state index in [9.17, 15) is 9.59 Å². The van der Waals surface area contributed by atoms with Gasteiger partial charge in [-0.25, -0.2) is 4.85 Å². The number of fused-ring (bicyclic) bond motifs is 7. The van der Waals surface area contributed by atoms with Gasteiger partial charge >= 0.3 is 0 Å². The quantitative estimate of drug-likeness (QED) is 0.330. The highest BCUT2D eigenvalue weighted by atomic mass is 16.1. The molecule has 3 fully saturated rings. The smallest absolute Gasteiger partial charge is 0.226 e. The van der Waals surface area contributed by atoms with E-state index in [0.29, 0.717) is 11.7 Å². The Labute approximate surface area is 214 Å². The lowest BCUT2D eigenvalue weighted by atomic mass is 9.34. The maximum atomic E-state index is 14.2. The molecular weight excluding hydrogens is 430 g/mol. The molecule has 0 aromatic rings. The highest BCUT2D eigenvalue weighted by molar-refractivity contribution is 6.03. The number of allylic oxidation sites excluding steroid dienone is 4. The van der Waals surface area contributed by atoms with E-state index in [0.717, 1.165) is 25.7 Å². The van der Waals surface area contributed by atoms with Gasteiger partial charge in [0.25, 0.3) is 0 Å². The van der Waals surface area contributed by atoms with Crippen LogP contribution >= 0.6 is 0 Å². The normalized spacial score (nSPS) is 47.5. The van der Waals surface area contributed by atoms with E-state index < -0.39 is 10.8 Å². The van der Waals surface area contributed by atoms with E-state index in [1.54, 1.807) is 0 Å². The summed E-state index contributed by atoms with van der Waals surface area (Å²) in [6.45, 7) is 26.0. The Hall–Kier alpha value is -1.69. The van der Waals surface area contributed by atoms with Gasteiger partial charge in [0.2, 0.25) is 5.70 Å². The minimum Gasteiger partial charge on any atom is -0.307 e. The van der Waals surface area contributed by atoms with Crippen LogP contribution in [-0.2, 0) is 9.59 Å². The van der Waals surface area contributed by atoms with Crippen LogP contribution in [0.1, 0.15) is 108 Å². The van der Waals surface area contributed by atoms with Gasteiger partial charge < -0.3 is 4.79 Å². The molecule has 0 saturated heterocycles. The summed E-state index contributed by atoms with van der Waals surface area (Å²) in [7, 11) is 0. The number of ketones is 2. The SMILES string of the molecule is C.[C-]#[N+]C1=C[C@]2(C)C3=CC(=O)C4C5CC(C)(C)CC[C@]5(C)CC[C@@]4(C)[C@]3(C)CC[C@H]2C(C)(C)C1=O. The maximum absolute atomic E-state index is 14.2. The molecule has 0 heterocycles. The molecule has 2 unspecified atom stereocenters. The van der Waals surface area contributed by atoms with Gasteiger partial charge in [-0.3, -0.25) is 4.79 Å². The predicted octanol–water partition coefficient (Wildman–Crippen LogP) is 8.22. The van der Waals surface area contributed by atoms with Crippen molar-refractivity contribution in [2.45, 2.75) is 108 Å². The van der Waals surface area contributed by atoms with E-state index in [-0.39, 0.29) is 52.4 Å². The molecule has 5 rings (SSSR count). The second-order valence-electron chi connectivity index (χ2n) is 14.9. The summed E-state index contributed by atoms with van der Waals surface area (Å²) in [5.41, 5.74) is 0.814. The summed E-state index contributed by atoms with van der Waals surface area (Å²) in [5.74, 6) is 0.910. The van der Waals surface area contributed by atoms with Crippen LogP contribution in [0.15, 0.2) is 23.4 Å². The number of rotatable bonds is 0. The molecule has 0 aromatic carbocycles. The third kappa shape index (κ3) is 3.13. The van der Waals surface area contributed by atoms with Crippen LogP contribution in [0.2, 0.25) is 0 Å². The molecule has 0 aliphatic heterocycles. The lowest BCUT2D eigenvalue weighted by molar-refractivity contribution is -0.168.